The van der Waals surface area contributed by atoms with Crippen molar-refractivity contribution in [2.45, 2.75) is 51.8 Å². The Hall–Kier alpha value is -2.88. The number of methoxy groups -OCH3 is 1. The number of rotatable bonds is 9. The second-order valence-electron chi connectivity index (χ2n) is 8.69. The average Bonchev–Trinajstić information content (AvgIpc) is 3.36. The van der Waals surface area contributed by atoms with Crippen molar-refractivity contribution in [3.63, 3.8) is 0 Å². The van der Waals surface area contributed by atoms with Crippen LogP contribution in [0.15, 0.2) is 36.5 Å². The maximum Gasteiger partial charge on any atom is 0.409 e. The smallest absolute Gasteiger partial charge is 0.409 e. The zero-order chi connectivity index (χ0) is 25.8. The number of nitrogens with one attached hydrogen (secondary N) is 1. The van der Waals surface area contributed by atoms with Gasteiger partial charge in [0.15, 0.2) is 9.84 Å². The molecule has 1 amide bonds. The number of likely N-dealkylation sites (tertiary alicyclic amines) is 1. The number of nitrogens with zero attached hydrogens (tertiary/aromatic N) is 4. The third-order valence-corrected chi connectivity index (χ3v) is 6.46. The number of ether oxygens (including phenoxy) is 1. The fraction of sp³-hybridized carbons (Fsp3) is 0.560. The van der Waals surface area contributed by atoms with Gasteiger partial charge in [-0.05, 0) is 45.6 Å². The lowest BCUT2D eigenvalue weighted by atomic mass is 10.1. The highest BCUT2D eigenvalue weighted by Crippen LogP contribution is 2.20. The molecule has 0 unspecified atom stereocenters. The molecule has 1 saturated heterocycles. The van der Waals surface area contributed by atoms with Gasteiger partial charge in [-0.1, -0.05) is 30.3 Å². The number of aromatic nitrogens is 2. The van der Waals surface area contributed by atoms with Gasteiger partial charge in [0.2, 0.25) is 5.95 Å². The zero-order valence-electron chi connectivity index (χ0n) is 21.5. The Labute approximate surface area is 209 Å². The van der Waals surface area contributed by atoms with E-state index in [-0.39, 0.29) is 17.9 Å². The summed E-state index contributed by atoms with van der Waals surface area (Å²) in [7, 11) is -1.75. The number of hydrogen-bond donors (Lipinski definition) is 1. The standard InChI is InChI=1S/C19H28N4O2S.C6H11NO2/c1-5-23(6-2)19-20-13-17(14-26(4,24)25)18(22-19)21-15(3)12-16-10-8-7-9-11-16;1-9-6(8)7-4-2-3-5-7/h7-11,13,15H,5-6,12,14H2,1-4H3,(H,20,21,22);2-5H2,1H3/t15-;/m1./s1. The second-order valence-corrected chi connectivity index (χ2v) is 10.8. The highest BCUT2D eigenvalue weighted by Gasteiger charge is 2.18. The van der Waals surface area contributed by atoms with E-state index in [2.05, 4.69) is 39.1 Å². The molecule has 0 saturated carbocycles. The first-order valence-electron chi connectivity index (χ1n) is 12.1. The highest BCUT2D eigenvalue weighted by molar-refractivity contribution is 7.89. The predicted molar refractivity (Wildman–Crippen MR) is 141 cm³/mol. The van der Waals surface area contributed by atoms with E-state index >= 15 is 0 Å². The first-order valence-corrected chi connectivity index (χ1v) is 14.1. The SMILES string of the molecule is CCN(CC)c1ncc(CS(C)(=O)=O)c(N[C@H](C)Cc2ccccc2)n1.COC(=O)N1CCCC1. The van der Waals surface area contributed by atoms with Gasteiger partial charge in [0.1, 0.15) is 5.82 Å². The monoisotopic (exact) mass is 505 g/mol. The lowest BCUT2D eigenvalue weighted by Gasteiger charge is -2.22. The molecule has 3 rings (SSSR count). The maximum absolute atomic E-state index is 11.8. The van der Waals surface area contributed by atoms with Crippen molar-refractivity contribution >= 4 is 27.7 Å². The Balaban J connectivity index is 0.000000402. The van der Waals surface area contributed by atoms with Gasteiger partial charge >= 0.3 is 6.09 Å². The molecule has 0 bridgehead atoms. The molecule has 2 heterocycles. The van der Waals surface area contributed by atoms with Crippen molar-refractivity contribution < 1.29 is 17.9 Å². The Kier molecular flexibility index (Phi) is 11.2. The molecule has 1 N–H and O–H groups in total. The molecule has 194 valence electrons. The summed E-state index contributed by atoms with van der Waals surface area (Å²) in [5.41, 5.74) is 1.82. The molecule has 9 nitrogen and oxygen atoms in total. The topological polar surface area (TPSA) is 105 Å². The number of benzene rings is 1. The van der Waals surface area contributed by atoms with Gasteiger partial charge in [-0.3, -0.25) is 0 Å². The normalized spacial score (nSPS) is 14.0. The van der Waals surface area contributed by atoms with Crippen LogP contribution in [-0.4, -0.2) is 75.0 Å². The Morgan fingerprint density at radius 3 is 2.34 bits per heavy atom. The van der Waals surface area contributed by atoms with Crippen LogP contribution in [0.3, 0.4) is 0 Å². The Morgan fingerprint density at radius 1 is 1.17 bits per heavy atom. The van der Waals surface area contributed by atoms with E-state index < -0.39 is 9.84 Å². The van der Waals surface area contributed by atoms with Crippen molar-refractivity contribution in [1.82, 2.24) is 14.9 Å². The molecule has 0 aliphatic carbocycles. The summed E-state index contributed by atoms with van der Waals surface area (Å²) < 4.78 is 28.1. The first-order chi connectivity index (χ1) is 16.7. The number of carbonyl (C=O) groups is 1. The van der Waals surface area contributed by atoms with E-state index in [1.54, 1.807) is 11.1 Å². The van der Waals surface area contributed by atoms with Crippen molar-refractivity contribution in [3.05, 3.63) is 47.7 Å². The van der Waals surface area contributed by atoms with Crippen molar-refractivity contribution in [2.24, 2.45) is 0 Å². The van der Waals surface area contributed by atoms with Crippen molar-refractivity contribution in [1.29, 1.82) is 0 Å². The van der Waals surface area contributed by atoms with Gasteiger partial charge in [0.25, 0.3) is 0 Å². The van der Waals surface area contributed by atoms with Gasteiger partial charge in [-0.15, -0.1) is 0 Å². The van der Waals surface area contributed by atoms with E-state index in [0.29, 0.717) is 17.3 Å². The number of carbonyl (C=O) groups excluding carboxylic acids is 1. The number of sulfone groups is 1. The summed E-state index contributed by atoms with van der Waals surface area (Å²) >= 11 is 0. The van der Waals surface area contributed by atoms with Gasteiger partial charge in [-0.25, -0.2) is 18.2 Å². The van der Waals surface area contributed by atoms with Gasteiger partial charge < -0.3 is 19.9 Å². The second kappa shape index (κ2) is 13.9. The molecule has 1 aromatic heterocycles. The number of anilines is 2. The molecule has 1 aromatic carbocycles. The van der Waals surface area contributed by atoms with E-state index in [1.165, 1.54) is 18.9 Å². The maximum atomic E-state index is 11.8. The molecular weight excluding hydrogens is 466 g/mol. The molecule has 1 aliphatic heterocycles. The van der Waals surface area contributed by atoms with Crippen LogP contribution in [0.4, 0.5) is 16.6 Å². The summed E-state index contributed by atoms with van der Waals surface area (Å²) in [6, 6.07) is 10.3. The quantitative estimate of drug-likeness (QED) is 0.549. The zero-order valence-corrected chi connectivity index (χ0v) is 22.3. The van der Waals surface area contributed by atoms with E-state index in [9.17, 15) is 13.2 Å². The van der Waals surface area contributed by atoms with E-state index in [1.807, 2.05) is 36.9 Å². The van der Waals surface area contributed by atoms with Crippen LogP contribution in [0.2, 0.25) is 0 Å². The summed E-state index contributed by atoms with van der Waals surface area (Å²) in [5, 5.41) is 3.38. The minimum Gasteiger partial charge on any atom is -0.453 e. The largest absolute Gasteiger partial charge is 0.453 e. The summed E-state index contributed by atoms with van der Waals surface area (Å²) in [6.07, 6.45) is 5.72. The van der Waals surface area contributed by atoms with Crippen LogP contribution in [0, 0.1) is 0 Å². The summed E-state index contributed by atoms with van der Waals surface area (Å²) in [5.74, 6) is 1.13. The average molecular weight is 506 g/mol. The van der Waals surface area contributed by atoms with E-state index in [4.69, 9.17) is 0 Å². The molecule has 0 spiro atoms. The Morgan fingerprint density at radius 2 is 1.80 bits per heavy atom. The fourth-order valence-corrected chi connectivity index (χ4v) is 4.63. The van der Waals surface area contributed by atoms with Crippen LogP contribution in [-0.2, 0) is 26.7 Å². The van der Waals surface area contributed by atoms with Crippen LogP contribution in [0.25, 0.3) is 0 Å². The molecule has 1 atom stereocenters. The van der Waals surface area contributed by atoms with Crippen LogP contribution in [0.5, 0.6) is 0 Å². The molecule has 2 aromatic rings. The third-order valence-electron chi connectivity index (χ3n) is 5.62. The predicted octanol–water partition coefficient (Wildman–Crippen LogP) is 3.76. The molecular formula is C25H39N5O4S. The van der Waals surface area contributed by atoms with Gasteiger partial charge in [0.05, 0.1) is 12.9 Å². The van der Waals surface area contributed by atoms with E-state index in [0.717, 1.165) is 45.4 Å². The fourth-order valence-electron chi connectivity index (χ4n) is 3.85. The summed E-state index contributed by atoms with van der Waals surface area (Å²) in [6.45, 7) is 9.47. The first kappa shape index (κ1) is 28.4. The molecule has 0 radical (unpaired) electrons. The van der Waals surface area contributed by atoms with Crippen molar-refractivity contribution in [2.75, 3.05) is 49.8 Å². The lowest BCUT2D eigenvalue weighted by Crippen LogP contribution is -2.27. The minimum atomic E-state index is -3.17. The van der Waals surface area contributed by atoms with Crippen LogP contribution in [0.1, 0.15) is 44.7 Å². The minimum absolute atomic E-state index is 0.0775. The Bertz CT molecular complexity index is 1020. The van der Waals surface area contributed by atoms with Crippen LogP contribution >= 0.6 is 0 Å². The number of hydrogen-bond acceptors (Lipinski definition) is 8. The molecule has 1 fully saturated rings. The van der Waals surface area contributed by atoms with Gasteiger partial charge in [-0.2, -0.15) is 4.98 Å². The highest BCUT2D eigenvalue weighted by atomic mass is 32.2. The van der Waals surface area contributed by atoms with Crippen molar-refractivity contribution in [3.8, 4) is 0 Å². The summed E-state index contributed by atoms with van der Waals surface area (Å²) in [4.78, 5) is 23.5. The molecule has 10 heteroatoms. The molecule has 35 heavy (non-hydrogen) atoms. The molecule has 1 aliphatic rings. The van der Waals surface area contributed by atoms with Crippen LogP contribution < -0.4 is 10.2 Å². The number of amides is 1. The lowest BCUT2D eigenvalue weighted by molar-refractivity contribution is 0.133. The van der Waals surface area contributed by atoms with Gasteiger partial charge in [0, 0.05) is 50.2 Å². The third kappa shape index (κ3) is 9.71.